The van der Waals surface area contributed by atoms with E-state index in [9.17, 15) is 0 Å². The van der Waals surface area contributed by atoms with Crippen molar-refractivity contribution in [3.63, 3.8) is 0 Å². The van der Waals surface area contributed by atoms with E-state index in [1.54, 1.807) is 0 Å². The molecule has 2 aromatic rings. The Labute approximate surface area is 162 Å². The van der Waals surface area contributed by atoms with Gasteiger partial charge >= 0.3 is 0 Å². The Morgan fingerprint density at radius 2 is 1.52 bits per heavy atom. The summed E-state index contributed by atoms with van der Waals surface area (Å²) in [7, 11) is 0. The fourth-order valence-electron chi connectivity index (χ4n) is 3.31. The molecule has 148 valence electrons. The number of benzene rings is 1. The van der Waals surface area contributed by atoms with Gasteiger partial charge in [0.25, 0.3) is 0 Å². The normalized spacial score (nSPS) is 18.8. The van der Waals surface area contributed by atoms with Crippen LogP contribution < -0.4 is 16.0 Å². The number of aromatic nitrogens is 3. The minimum absolute atomic E-state index is 0.771. The van der Waals surface area contributed by atoms with Crippen molar-refractivity contribution in [3.8, 4) is 0 Å². The second kappa shape index (κ2) is 11.8. The van der Waals surface area contributed by atoms with E-state index < -0.39 is 0 Å². The fourth-order valence-corrected chi connectivity index (χ4v) is 3.31. The lowest BCUT2D eigenvalue weighted by Crippen LogP contribution is -2.36. The maximum absolute atomic E-state index is 4.39. The molecule has 0 saturated carbocycles. The van der Waals surface area contributed by atoms with E-state index in [0.29, 0.717) is 0 Å². The highest BCUT2D eigenvalue weighted by molar-refractivity contribution is 5.14. The van der Waals surface area contributed by atoms with Gasteiger partial charge in [-0.2, -0.15) is 0 Å². The second-order valence-electron chi connectivity index (χ2n) is 7.13. The van der Waals surface area contributed by atoms with Crippen LogP contribution in [0.1, 0.15) is 24.1 Å². The maximum Gasteiger partial charge on any atom is 0.0967 e. The molecule has 3 rings (SSSR count). The summed E-state index contributed by atoms with van der Waals surface area (Å²) in [4.78, 5) is 2.48. The summed E-state index contributed by atoms with van der Waals surface area (Å²) in [6.07, 6.45) is 4.40. The molecule has 0 spiro atoms. The molecule has 1 aromatic heterocycles. The molecule has 2 heterocycles. The number of rotatable bonds is 4. The summed E-state index contributed by atoms with van der Waals surface area (Å²) in [5.41, 5.74) is 2.29. The van der Waals surface area contributed by atoms with E-state index in [-0.39, 0.29) is 0 Å². The van der Waals surface area contributed by atoms with Gasteiger partial charge in [0, 0.05) is 32.7 Å². The topological polar surface area (TPSA) is 70.0 Å². The van der Waals surface area contributed by atoms with Crippen molar-refractivity contribution in [1.82, 2.24) is 35.8 Å². The van der Waals surface area contributed by atoms with Gasteiger partial charge in [0.15, 0.2) is 0 Å². The van der Waals surface area contributed by atoms with E-state index in [4.69, 9.17) is 0 Å². The van der Waals surface area contributed by atoms with Crippen LogP contribution in [0.5, 0.6) is 0 Å². The smallest absolute Gasteiger partial charge is 0.0967 e. The Balaban J connectivity index is 1.50. The predicted molar refractivity (Wildman–Crippen MR) is 109 cm³/mol. The number of hydrogen-bond donors (Lipinski definition) is 3. The molecular formula is C20H33N7. The highest BCUT2D eigenvalue weighted by Crippen LogP contribution is 2.05. The van der Waals surface area contributed by atoms with Crippen molar-refractivity contribution in [1.29, 1.82) is 0 Å². The van der Waals surface area contributed by atoms with Crippen LogP contribution in [0.15, 0.2) is 36.5 Å². The highest BCUT2D eigenvalue weighted by Gasteiger charge is 2.09. The molecule has 27 heavy (non-hydrogen) atoms. The van der Waals surface area contributed by atoms with Crippen LogP contribution in [0.25, 0.3) is 0 Å². The molecule has 1 aliphatic heterocycles. The molecule has 0 amide bonds. The largest absolute Gasteiger partial charge is 0.315 e. The third-order valence-corrected chi connectivity index (χ3v) is 4.78. The van der Waals surface area contributed by atoms with Gasteiger partial charge in [-0.3, -0.25) is 4.90 Å². The number of hydrogen-bond acceptors (Lipinski definition) is 6. The van der Waals surface area contributed by atoms with E-state index in [0.717, 1.165) is 77.6 Å². The lowest BCUT2D eigenvalue weighted by atomic mass is 10.2. The lowest BCUT2D eigenvalue weighted by molar-refractivity contribution is 0.257. The molecule has 0 unspecified atom stereocenters. The Morgan fingerprint density at radius 1 is 0.778 bits per heavy atom. The second-order valence-corrected chi connectivity index (χ2v) is 7.13. The van der Waals surface area contributed by atoms with Gasteiger partial charge in [0.1, 0.15) is 0 Å². The van der Waals surface area contributed by atoms with Crippen molar-refractivity contribution in [2.24, 2.45) is 0 Å². The molecule has 1 aliphatic rings. The van der Waals surface area contributed by atoms with Crippen molar-refractivity contribution in [3.05, 3.63) is 47.8 Å². The summed E-state index contributed by atoms with van der Waals surface area (Å²) >= 11 is 0. The van der Waals surface area contributed by atoms with Gasteiger partial charge < -0.3 is 16.0 Å². The maximum atomic E-state index is 4.39. The van der Waals surface area contributed by atoms with Crippen LogP contribution >= 0.6 is 0 Å². The predicted octanol–water partition coefficient (Wildman–Crippen LogP) is 0.691. The Bertz CT molecular complexity index is 614. The van der Waals surface area contributed by atoms with Gasteiger partial charge in [0.05, 0.1) is 18.4 Å². The van der Waals surface area contributed by atoms with E-state index in [1.165, 1.54) is 12.0 Å². The van der Waals surface area contributed by atoms with Crippen LogP contribution in [-0.4, -0.2) is 72.3 Å². The van der Waals surface area contributed by atoms with Gasteiger partial charge in [-0.1, -0.05) is 35.5 Å². The molecule has 0 atom stereocenters. The Hall–Kier alpha value is -1.80. The van der Waals surface area contributed by atoms with Crippen molar-refractivity contribution in [2.75, 3.05) is 52.4 Å². The summed E-state index contributed by atoms with van der Waals surface area (Å²) < 4.78 is 1.93. The molecule has 0 radical (unpaired) electrons. The van der Waals surface area contributed by atoms with Gasteiger partial charge in [0.2, 0.25) is 0 Å². The first-order valence-corrected chi connectivity index (χ1v) is 10.2. The van der Waals surface area contributed by atoms with Crippen LogP contribution in [0.2, 0.25) is 0 Å². The average molecular weight is 372 g/mol. The quantitative estimate of drug-likeness (QED) is 0.735. The zero-order valence-corrected chi connectivity index (χ0v) is 16.2. The van der Waals surface area contributed by atoms with Crippen LogP contribution in [0.4, 0.5) is 0 Å². The average Bonchev–Trinajstić information content (AvgIpc) is 3.12. The summed E-state index contributed by atoms with van der Waals surface area (Å²) in [6.45, 7) is 10.1. The molecule has 1 saturated heterocycles. The first-order valence-electron chi connectivity index (χ1n) is 10.2. The van der Waals surface area contributed by atoms with E-state index in [2.05, 4.69) is 61.6 Å². The summed E-state index contributed by atoms with van der Waals surface area (Å²) in [5, 5.41) is 19.2. The molecule has 0 bridgehead atoms. The molecule has 1 fully saturated rings. The van der Waals surface area contributed by atoms with Crippen LogP contribution in [0.3, 0.4) is 0 Å². The number of nitrogens with one attached hydrogen (secondary N) is 3. The molecule has 7 nitrogen and oxygen atoms in total. The van der Waals surface area contributed by atoms with Gasteiger partial charge in [-0.15, -0.1) is 5.10 Å². The third kappa shape index (κ3) is 7.76. The Kier molecular flexibility index (Phi) is 8.73. The van der Waals surface area contributed by atoms with Crippen LogP contribution in [-0.2, 0) is 13.1 Å². The summed E-state index contributed by atoms with van der Waals surface area (Å²) in [5.74, 6) is 0. The molecule has 3 N–H and O–H groups in total. The minimum Gasteiger partial charge on any atom is -0.315 e. The van der Waals surface area contributed by atoms with E-state index in [1.807, 2.05) is 10.7 Å². The van der Waals surface area contributed by atoms with Crippen LogP contribution in [0, 0.1) is 0 Å². The zero-order chi connectivity index (χ0) is 18.6. The third-order valence-electron chi connectivity index (χ3n) is 4.78. The molecule has 7 heteroatoms. The van der Waals surface area contributed by atoms with E-state index >= 15 is 0 Å². The van der Waals surface area contributed by atoms with Gasteiger partial charge in [-0.25, -0.2) is 4.68 Å². The fraction of sp³-hybridized carbons (Fsp3) is 0.600. The Morgan fingerprint density at radius 3 is 2.33 bits per heavy atom. The first-order chi connectivity index (χ1) is 13.4. The standard InChI is InChI=1S/C20H33N7/c1-2-6-19(7-3-1)16-27-18-20(24-25-27)17-26-14-5-10-22-12-11-21-8-4-9-23-13-15-26/h1-3,6-7,18,21-23H,4-5,8-17H2. The molecular weight excluding hydrogens is 338 g/mol. The van der Waals surface area contributed by atoms with Crippen molar-refractivity contribution >= 4 is 0 Å². The lowest BCUT2D eigenvalue weighted by Gasteiger charge is -2.22. The van der Waals surface area contributed by atoms with Gasteiger partial charge in [-0.05, 0) is 44.6 Å². The molecule has 1 aromatic carbocycles. The zero-order valence-electron chi connectivity index (χ0n) is 16.2. The number of nitrogens with zero attached hydrogens (tertiary/aromatic N) is 4. The summed E-state index contributed by atoms with van der Waals surface area (Å²) in [6, 6.07) is 10.4. The van der Waals surface area contributed by atoms with Crippen molar-refractivity contribution in [2.45, 2.75) is 25.9 Å². The first kappa shape index (κ1) is 19.9. The monoisotopic (exact) mass is 371 g/mol. The minimum atomic E-state index is 0.771. The highest BCUT2D eigenvalue weighted by atomic mass is 15.4. The SMILES string of the molecule is c1ccc(Cn2cc(CN3CCCNCCNCCCNCC3)nn2)cc1. The van der Waals surface area contributed by atoms with Crippen molar-refractivity contribution < 1.29 is 0 Å². The molecule has 0 aliphatic carbocycles.